The Labute approximate surface area is 148 Å². The third kappa shape index (κ3) is 4.38. The van der Waals surface area contributed by atoms with Crippen molar-refractivity contribution in [3.63, 3.8) is 0 Å². The van der Waals surface area contributed by atoms with E-state index in [0.29, 0.717) is 25.3 Å². The van der Waals surface area contributed by atoms with Gasteiger partial charge >= 0.3 is 0 Å². The predicted octanol–water partition coefficient (Wildman–Crippen LogP) is 2.63. The number of anilines is 1. The van der Waals surface area contributed by atoms with E-state index in [1.165, 1.54) is 0 Å². The number of carbonyl (C=O) groups excluding carboxylic acids is 2. The Morgan fingerprint density at radius 2 is 2.08 bits per heavy atom. The number of rotatable bonds is 7. The van der Waals surface area contributed by atoms with Gasteiger partial charge < -0.3 is 15.2 Å². The monoisotopic (exact) mass is 342 g/mol. The van der Waals surface area contributed by atoms with Crippen LogP contribution in [0, 0.1) is 11.8 Å². The molecule has 1 aromatic carbocycles. The SMILES string of the molecule is CC(C)CC(=O)Nc1ccc2c(c1)nc(CCNC(=O)C1CC1)n2C. The summed E-state index contributed by atoms with van der Waals surface area (Å²) in [5.41, 5.74) is 2.64. The van der Waals surface area contributed by atoms with Crippen molar-refractivity contribution in [2.75, 3.05) is 11.9 Å². The molecule has 0 aliphatic heterocycles. The summed E-state index contributed by atoms with van der Waals surface area (Å²) < 4.78 is 2.04. The molecular weight excluding hydrogens is 316 g/mol. The lowest BCUT2D eigenvalue weighted by atomic mass is 10.1. The molecule has 1 aliphatic rings. The molecule has 2 N–H and O–H groups in total. The number of hydrogen-bond acceptors (Lipinski definition) is 3. The lowest BCUT2D eigenvalue weighted by Gasteiger charge is -2.07. The summed E-state index contributed by atoms with van der Waals surface area (Å²) in [5, 5.41) is 5.90. The van der Waals surface area contributed by atoms with Crippen LogP contribution in [0.15, 0.2) is 18.2 Å². The minimum atomic E-state index is 0.0216. The smallest absolute Gasteiger partial charge is 0.224 e. The molecule has 2 aromatic rings. The average molecular weight is 342 g/mol. The molecule has 1 fully saturated rings. The fourth-order valence-corrected chi connectivity index (χ4v) is 2.92. The Morgan fingerprint density at radius 1 is 1.32 bits per heavy atom. The molecule has 0 atom stereocenters. The Hall–Kier alpha value is -2.37. The van der Waals surface area contributed by atoms with Gasteiger partial charge in [0.05, 0.1) is 11.0 Å². The zero-order chi connectivity index (χ0) is 18.0. The first kappa shape index (κ1) is 17.5. The topological polar surface area (TPSA) is 76.0 Å². The number of nitrogens with one attached hydrogen (secondary N) is 2. The first-order chi connectivity index (χ1) is 11.9. The Balaban J connectivity index is 1.65. The van der Waals surface area contributed by atoms with Crippen LogP contribution < -0.4 is 10.6 Å². The van der Waals surface area contributed by atoms with Crippen LogP contribution in [-0.4, -0.2) is 27.9 Å². The van der Waals surface area contributed by atoms with E-state index in [2.05, 4.69) is 15.6 Å². The minimum absolute atomic E-state index is 0.0216. The second-order valence-corrected chi connectivity index (χ2v) is 7.25. The van der Waals surface area contributed by atoms with E-state index in [4.69, 9.17) is 0 Å². The second kappa shape index (κ2) is 7.25. The van der Waals surface area contributed by atoms with Crippen LogP contribution in [0.4, 0.5) is 5.69 Å². The first-order valence-corrected chi connectivity index (χ1v) is 8.97. The highest BCUT2D eigenvalue weighted by atomic mass is 16.2. The van der Waals surface area contributed by atoms with E-state index < -0.39 is 0 Å². The lowest BCUT2D eigenvalue weighted by molar-refractivity contribution is -0.122. The maximum Gasteiger partial charge on any atom is 0.224 e. The molecule has 6 heteroatoms. The number of aryl methyl sites for hydroxylation is 1. The number of imidazole rings is 1. The molecule has 6 nitrogen and oxygen atoms in total. The number of benzene rings is 1. The largest absolute Gasteiger partial charge is 0.355 e. The van der Waals surface area contributed by atoms with E-state index in [1.807, 2.05) is 43.7 Å². The van der Waals surface area contributed by atoms with Gasteiger partial charge in [0.2, 0.25) is 11.8 Å². The number of carbonyl (C=O) groups is 2. The van der Waals surface area contributed by atoms with Gasteiger partial charge in [0.25, 0.3) is 0 Å². The van der Waals surface area contributed by atoms with Crippen molar-refractivity contribution in [1.82, 2.24) is 14.9 Å². The highest BCUT2D eigenvalue weighted by Crippen LogP contribution is 2.28. The highest BCUT2D eigenvalue weighted by molar-refractivity contribution is 5.93. The van der Waals surface area contributed by atoms with Crippen LogP contribution >= 0.6 is 0 Å². The maximum absolute atomic E-state index is 11.9. The standard InChI is InChI=1S/C19H26N4O2/c1-12(2)10-18(24)21-14-6-7-16-15(11-14)22-17(23(16)3)8-9-20-19(25)13-4-5-13/h6-7,11-13H,4-5,8-10H2,1-3H3,(H,20,25)(H,21,24). The van der Waals surface area contributed by atoms with Gasteiger partial charge in [-0.1, -0.05) is 13.8 Å². The van der Waals surface area contributed by atoms with Gasteiger partial charge in [0.1, 0.15) is 5.82 Å². The molecule has 3 rings (SSSR count). The number of nitrogens with zero attached hydrogens (tertiary/aromatic N) is 2. The molecule has 1 heterocycles. The Morgan fingerprint density at radius 3 is 2.76 bits per heavy atom. The Kier molecular flexibility index (Phi) is 5.06. The molecule has 0 spiro atoms. The molecule has 0 saturated heterocycles. The fourth-order valence-electron chi connectivity index (χ4n) is 2.92. The molecular formula is C19H26N4O2. The number of fused-ring (bicyclic) bond motifs is 1. The van der Waals surface area contributed by atoms with E-state index in [-0.39, 0.29) is 17.7 Å². The average Bonchev–Trinajstić information content (AvgIpc) is 3.33. The molecule has 1 aromatic heterocycles. The number of aromatic nitrogens is 2. The van der Waals surface area contributed by atoms with Crippen LogP contribution in [-0.2, 0) is 23.1 Å². The van der Waals surface area contributed by atoms with Gasteiger partial charge in [-0.25, -0.2) is 4.98 Å². The van der Waals surface area contributed by atoms with Gasteiger partial charge in [-0.3, -0.25) is 9.59 Å². The maximum atomic E-state index is 11.9. The van der Waals surface area contributed by atoms with E-state index in [0.717, 1.165) is 35.4 Å². The lowest BCUT2D eigenvalue weighted by Crippen LogP contribution is -2.27. The molecule has 1 saturated carbocycles. The molecule has 25 heavy (non-hydrogen) atoms. The van der Waals surface area contributed by atoms with Crippen LogP contribution in [0.2, 0.25) is 0 Å². The van der Waals surface area contributed by atoms with Crippen LogP contribution in [0.5, 0.6) is 0 Å². The van der Waals surface area contributed by atoms with E-state index in [1.54, 1.807) is 0 Å². The van der Waals surface area contributed by atoms with Crippen LogP contribution in [0.1, 0.15) is 38.9 Å². The quantitative estimate of drug-likeness (QED) is 0.812. The highest BCUT2D eigenvalue weighted by Gasteiger charge is 2.29. The molecule has 0 unspecified atom stereocenters. The van der Waals surface area contributed by atoms with Gasteiger partial charge in [-0.05, 0) is 37.0 Å². The van der Waals surface area contributed by atoms with Crippen molar-refractivity contribution in [1.29, 1.82) is 0 Å². The summed E-state index contributed by atoms with van der Waals surface area (Å²) in [4.78, 5) is 28.3. The molecule has 0 radical (unpaired) electrons. The van der Waals surface area contributed by atoms with Crippen molar-refractivity contribution in [3.05, 3.63) is 24.0 Å². The summed E-state index contributed by atoms with van der Waals surface area (Å²) in [6, 6.07) is 5.78. The van der Waals surface area contributed by atoms with E-state index >= 15 is 0 Å². The van der Waals surface area contributed by atoms with Gasteiger partial charge in [0.15, 0.2) is 0 Å². The second-order valence-electron chi connectivity index (χ2n) is 7.25. The third-order valence-electron chi connectivity index (χ3n) is 4.45. The fraction of sp³-hybridized carbons (Fsp3) is 0.526. The van der Waals surface area contributed by atoms with Gasteiger partial charge in [0, 0.05) is 38.0 Å². The summed E-state index contributed by atoms with van der Waals surface area (Å²) in [7, 11) is 1.98. The summed E-state index contributed by atoms with van der Waals surface area (Å²) in [6.45, 7) is 4.65. The zero-order valence-electron chi connectivity index (χ0n) is 15.1. The van der Waals surface area contributed by atoms with Crippen molar-refractivity contribution < 1.29 is 9.59 Å². The summed E-state index contributed by atoms with van der Waals surface area (Å²) in [5.74, 6) is 1.67. The first-order valence-electron chi connectivity index (χ1n) is 8.97. The zero-order valence-corrected chi connectivity index (χ0v) is 15.1. The van der Waals surface area contributed by atoms with Gasteiger partial charge in [-0.2, -0.15) is 0 Å². The number of hydrogen-bond donors (Lipinski definition) is 2. The molecule has 2 amide bonds. The van der Waals surface area contributed by atoms with Crippen molar-refractivity contribution >= 4 is 28.5 Å². The normalized spacial score (nSPS) is 14.1. The number of amides is 2. The molecule has 0 bridgehead atoms. The predicted molar refractivity (Wildman–Crippen MR) is 98.2 cm³/mol. The molecule has 134 valence electrons. The van der Waals surface area contributed by atoms with E-state index in [9.17, 15) is 9.59 Å². The van der Waals surface area contributed by atoms with Gasteiger partial charge in [-0.15, -0.1) is 0 Å². The van der Waals surface area contributed by atoms with Crippen molar-refractivity contribution in [2.24, 2.45) is 18.9 Å². The van der Waals surface area contributed by atoms with Crippen molar-refractivity contribution in [3.8, 4) is 0 Å². The van der Waals surface area contributed by atoms with Crippen molar-refractivity contribution in [2.45, 2.75) is 39.5 Å². The Bertz CT molecular complexity index is 790. The van der Waals surface area contributed by atoms with Crippen LogP contribution in [0.3, 0.4) is 0 Å². The minimum Gasteiger partial charge on any atom is -0.355 e. The van der Waals surface area contributed by atoms with Crippen LogP contribution in [0.25, 0.3) is 11.0 Å². The summed E-state index contributed by atoms with van der Waals surface area (Å²) >= 11 is 0. The summed E-state index contributed by atoms with van der Waals surface area (Å²) in [6.07, 6.45) is 3.23. The third-order valence-corrected chi connectivity index (χ3v) is 4.45. The molecule has 1 aliphatic carbocycles.